The van der Waals surface area contributed by atoms with Crippen LogP contribution in [0.25, 0.3) is 22.4 Å². The van der Waals surface area contributed by atoms with Crippen LogP contribution < -0.4 is 0 Å². The molecule has 2 heteroatoms. The number of H-pyrrole nitrogens is 1. The summed E-state index contributed by atoms with van der Waals surface area (Å²) in [5.41, 5.74) is 4.84. The first-order chi connectivity index (χ1) is 13.8. The topological polar surface area (TPSA) is 28.7 Å². The number of aromatic amines is 1. The Labute approximate surface area is 170 Å². The summed E-state index contributed by atoms with van der Waals surface area (Å²) >= 11 is 0. The maximum Gasteiger partial charge on any atom is 0.109 e. The van der Waals surface area contributed by atoms with Crippen molar-refractivity contribution in [2.75, 3.05) is 0 Å². The third-order valence-electron chi connectivity index (χ3n) is 5.60. The van der Waals surface area contributed by atoms with Gasteiger partial charge in [0, 0.05) is 5.92 Å². The van der Waals surface area contributed by atoms with Crippen LogP contribution in [-0.4, -0.2) is 9.97 Å². The van der Waals surface area contributed by atoms with Crippen molar-refractivity contribution in [1.82, 2.24) is 9.97 Å². The van der Waals surface area contributed by atoms with E-state index in [1.54, 1.807) is 0 Å². The third-order valence-corrected chi connectivity index (χ3v) is 5.60. The van der Waals surface area contributed by atoms with Gasteiger partial charge in [-0.1, -0.05) is 107 Å². The Morgan fingerprint density at radius 1 is 0.714 bits per heavy atom. The van der Waals surface area contributed by atoms with Crippen LogP contribution in [0.5, 0.6) is 0 Å². The van der Waals surface area contributed by atoms with Gasteiger partial charge in [-0.3, -0.25) is 0 Å². The zero-order chi connectivity index (χ0) is 19.6. The number of imidazole rings is 1. The summed E-state index contributed by atoms with van der Waals surface area (Å²) in [6, 6.07) is 19.3. The molecule has 1 heterocycles. The van der Waals surface area contributed by atoms with Gasteiger partial charge in [-0.25, -0.2) is 4.98 Å². The monoisotopic (exact) mass is 374 g/mol. The number of rotatable bonds is 11. The van der Waals surface area contributed by atoms with Crippen LogP contribution in [0.2, 0.25) is 0 Å². The molecule has 1 N–H and O–H groups in total. The Morgan fingerprint density at radius 3 is 1.89 bits per heavy atom. The molecule has 0 saturated heterocycles. The zero-order valence-electron chi connectivity index (χ0n) is 17.5. The van der Waals surface area contributed by atoms with E-state index in [0.717, 1.165) is 5.69 Å². The molecule has 148 valence electrons. The Balaban J connectivity index is 1.71. The summed E-state index contributed by atoms with van der Waals surface area (Å²) in [5, 5.41) is 0. The van der Waals surface area contributed by atoms with Crippen LogP contribution in [0.4, 0.5) is 0 Å². The van der Waals surface area contributed by atoms with Crippen molar-refractivity contribution in [3.05, 3.63) is 66.6 Å². The van der Waals surface area contributed by atoms with Gasteiger partial charge in [0.05, 0.1) is 11.9 Å². The van der Waals surface area contributed by atoms with E-state index in [-0.39, 0.29) is 0 Å². The molecular formula is C26H34N2. The van der Waals surface area contributed by atoms with Crippen LogP contribution in [0.3, 0.4) is 0 Å². The predicted octanol–water partition coefficient (Wildman–Crippen LogP) is 7.99. The molecule has 28 heavy (non-hydrogen) atoms. The van der Waals surface area contributed by atoms with Gasteiger partial charge >= 0.3 is 0 Å². The molecule has 0 saturated carbocycles. The van der Waals surface area contributed by atoms with Gasteiger partial charge in [-0.15, -0.1) is 0 Å². The lowest BCUT2D eigenvalue weighted by atomic mass is 9.94. The van der Waals surface area contributed by atoms with Crippen molar-refractivity contribution in [2.24, 2.45) is 0 Å². The summed E-state index contributed by atoms with van der Waals surface area (Å²) in [7, 11) is 0. The van der Waals surface area contributed by atoms with Crippen LogP contribution in [0, 0.1) is 0 Å². The van der Waals surface area contributed by atoms with Gasteiger partial charge in [0.15, 0.2) is 0 Å². The van der Waals surface area contributed by atoms with Gasteiger partial charge in [-0.2, -0.15) is 0 Å². The maximum atomic E-state index is 4.78. The molecule has 0 fully saturated rings. The molecule has 3 rings (SSSR count). The predicted molar refractivity (Wildman–Crippen MR) is 120 cm³/mol. The van der Waals surface area contributed by atoms with E-state index in [0.29, 0.717) is 5.92 Å². The van der Waals surface area contributed by atoms with Gasteiger partial charge < -0.3 is 4.98 Å². The minimum atomic E-state index is 0.565. The normalized spacial score (nSPS) is 11.2. The minimum Gasteiger partial charge on any atom is -0.342 e. The molecule has 0 aliphatic carbocycles. The number of hydrogen-bond acceptors (Lipinski definition) is 1. The Morgan fingerprint density at radius 2 is 1.29 bits per heavy atom. The highest BCUT2D eigenvalue weighted by molar-refractivity contribution is 5.68. The van der Waals surface area contributed by atoms with Crippen molar-refractivity contribution in [3.8, 4) is 22.4 Å². The molecule has 0 spiro atoms. The minimum absolute atomic E-state index is 0.565. The van der Waals surface area contributed by atoms with Crippen LogP contribution in [0.1, 0.15) is 77.0 Å². The smallest absolute Gasteiger partial charge is 0.109 e. The average molecular weight is 375 g/mol. The van der Waals surface area contributed by atoms with E-state index < -0.39 is 0 Å². The lowest BCUT2D eigenvalue weighted by molar-refractivity contribution is 0.491. The number of nitrogens with one attached hydrogen (secondary N) is 1. The van der Waals surface area contributed by atoms with Gasteiger partial charge in [0.25, 0.3) is 0 Å². The lowest BCUT2D eigenvalue weighted by Crippen LogP contribution is -2.02. The van der Waals surface area contributed by atoms with Gasteiger partial charge in [-0.05, 0) is 29.5 Å². The molecule has 2 aromatic carbocycles. The number of hydrogen-bond donors (Lipinski definition) is 1. The van der Waals surface area contributed by atoms with E-state index in [4.69, 9.17) is 4.98 Å². The first-order valence-electron chi connectivity index (χ1n) is 11.0. The Bertz CT molecular complexity index is 792. The average Bonchev–Trinajstić information content (AvgIpc) is 3.24. The molecule has 0 radical (unpaired) electrons. The van der Waals surface area contributed by atoms with E-state index in [9.17, 15) is 0 Å². The van der Waals surface area contributed by atoms with Gasteiger partial charge in [0.1, 0.15) is 5.82 Å². The van der Waals surface area contributed by atoms with Crippen molar-refractivity contribution in [2.45, 2.75) is 71.1 Å². The molecule has 1 aromatic heterocycles. The third kappa shape index (κ3) is 5.58. The number of benzene rings is 2. The molecule has 0 aliphatic rings. The highest BCUT2D eigenvalue weighted by atomic mass is 14.9. The maximum absolute atomic E-state index is 4.78. The summed E-state index contributed by atoms with van der Waals surface area (Å²) in [4.78, 5) is 8.41. The molecule has 3 aromatic rings. The standard InChI is InChI=1S/C26H34N2/c1-3-5-8-14-24(15-9-6-4-2)26-27-20-25(28-26)23-18-16-22(17-19-23)21-12-10-7-11-13-21/h7,10-13,16-20,24H,3-6,8-9,14-15H2,1-2H3,(H,27,28). The van der Waals surface area contributed by atoms with E-state index in [2.05, 4.69) is 73.4 Å². The fourth-order valence-corrected chi connectivity index (χ4v) is 3.86. The molecule has 2 nitrogen and oxygen atoms in total. The van der Waals surface area contributed by atoms with Crippen molar-refractivity contribution < 1.29 is 0 Å². The molecule has 0 aliphatic heterocycles. The molecule has 0 atom stereocenters. The SMILES string of the molecule is CCCCCC(CCCCC)c1ncc(-c2ccc(-c3ccccc3)cc2)[nH]1. The zero-order valence-corrected chi connectivity index (χ0v) is 17.5. The largest absolute Gasteiger partial charge is 0.342 e. The summed E-state index contributed by atoms with van der Waals surface area (Å²) in [6.45, 7) is 4.55. The van der Waals surface area contributed by atoms with Crippen molar-refractivity contribution >= 4 is 0 Å². The lowest BCUT2D eigenvalue weighted by Gasteiger charge is -2.14. The number of nitrogens with zero attached hydrogens (tertiary/aromatic N) is 1. The van der Waals surface area contributed by atoms with Crippen LogP contribution in [-0.2, 0) is 0 Å². The molecule has 0 unspecified atom stereocenters. The fourth-order valence-electron chi connectivity index (χ4n) is 3.86. The Kier molecular flexibility index (Phi) is 7.90. The number of unbranched alkanes of at least 4 members (excludes halogenated alkanes) is 4. The van der Waals surface area contributed by atoms with Gasteiger partial charge in [0.2, 0.25) is 0 Å². The second-order valence-corrected chi connectivity index (χ2v) is 7.81. The van der Waals surface area contributed by atoms with Crippen LogP contribution in [0.15, 0.2) is 60.8 Å². The summed E-state index contributed by atoms with van der Waals surface area (Å²) in [6.07, 6.45) is 12.3. The summed E-state index contributed by atoms with van der Waals surface area (Å²) in [5.74, 6) is 1.74. The van der Waals surface area contributed by atoms with E-state index in [1.165, 1.54) is 73.9 Å². The van der Waals surface area contributed by atoms with E-state index >= 15 is 0 Å². The van der Waals surface area contributed by atoms with Crippen molar-refractivity contribution in [1.29, 1.82) is 0 Å². The second kappa shape index (κ2) is 10.8. The first kappa shape index (κ1) is 20.4. The molecule has 0 bridgehead atoms. The molecule has 0 amide bonds. The fraction of sp³-hybridized carbons (Fsp3) is 0.423. The van der Waals surface area contributed by atoms with Crippen molar-refractivity contribution in [3.63, 3.8) is 0 Å². The Hall–Kier alpha value is -2.35. The quantitative estimate of drug-likeness (QED) is 0.338. The molecular weight excluding hydrogens is 340 g/mol. The highest BCUT2D eigenvalue weighted by Gasteiger charge is 2.15. The van der Waals surface area contributed by atoms with Crippen LogP contribution >= 0.6 is 0 Å². The second-order valence-electron chi connectivity index (χ2n) is 7.81. The summed E-state index contributed by atoms with van der Waals surface area (Å²) < 4.78 is 0. The van der Waals surface area contributed by atoms with E-state index in [1.807, 2.05) is 6.20 Å². The first-order valence-corrected chi connectivity index (χ1v) is 11.0. The number of aromatic nitrogens is 2. The highest BCUT2D eigenvalue weighted by Crippen LogP contribution is 2.29.